The van der Waals surface area contributed by atoms with Gasteiger partial charge >= 0.3 is 0 Å². The van der Waals surface area contributed by atoms with Crippen LogP contribution in [0.25, 0.3) is 11.3 Å². The minimum absolute atomic E-state index is 0.0389. The first-order chi connectivity index (χ1) is 13.1. The van der Waals surface area contributed by atoms with Gasteiger partial charge < -0.3 is 5.32 Å². The van der Waals surface area contributed by atoms with Gasteiger partial charge in [-0.15, -0.1) is 0 Å². The number of H-pyrrole nitrogens is 1. The highest BCUT2D eigenvalue weighted by Crippen LogP contribution is 2.32. The molecule has 0 aliphatic carbocycles. The van der Waals surface area contributed by atoms with E-state index in [0.29, 0.717) is 6.42 Å². The first kappa shape index (κ1) is 18.1. The van der Waals surface area contributed by atoms with Crippen LogP contribution in [-0.4, -0.2) is 64.7 Å². The number of benzene rings is 1. The number of carbonyl (C=O) groups is 1. The van der Waals surface area contributed by atoms with Gasteiger partial charge in [0, 0.05) is 55.8 Å². The predicted molar refractivity (Wildman–Crippen MR) is 101 cm³/mol. The first-order valence-corrected chi connectivity index (χ1v) is 9.54. The zero-order valence-electron chi connectivity index (χ0n) is 15.7. The molecule has 1 spiro atoms. The standard InChI is InChI=1S/C20H26FN5O/c1-25-10-11-26(14-20(25)7-6-18(27)22-9-8-20)13-16-12-23-24-19(16)15-2-4-17(21)5-3-15/h2-5,12H,6-11,13-14H2,1H3,(H,22,27)(H,23,24). The summed E-state index contributed by atoms with van der Waals surface area (Å²) in [6.45, 7) is 4.43. The molecule has 2 aliphatic heterocycles. The number of halogens is 1. The van der Waals surface area contributed by atoms with Crippen molar-refractivity contribution in [2.45, 2.75) is 31.3 Å². The number of carbonyl (C=O) groups excluding carboxylic acids is 1. The van der Waals surface area contributed by atoms with E-state index in [2.05, 4.69) is 32.4 Å². The monoisotopic (exact) mass is 371 g/mol. The summed E-state index contributed by atoms with van der Waals surface area (Å²) in [7, 11) is 2.18. The molecule has 2 saturated heterocycles. The van der Waals surface area contributed by atoms with Crippen molar-refractivity contribution in [3.05, 3.63) is 41.8 Å². The Balaban J connectivity index is 1.51. The number of hydrogen-bond donors (Lipinski definition) is 2. The summed E-state index contributed by atoms with van der Waals surface area (Å²) < 4.78 is 13.2. The average Bonchev–Trinajstić information content (AvgIpc) is 3.03. The van der Waals surface area contributed by atoms with E-state index in [0.717, 1.165) is 62.4 Å². The lowest BCUT2D eigenvalue weighted by Gasteiger charge is -2.49. The third kappa shape index (κ3) is 3.75. The van der Waals surface area contributed by atoms with Crippen molar-refractivity contribution in [1.29, 1.82) is 0 Å². The molecule has 6 nitrogen and oxygen atoms in total. The van der Waals surface area contributed by atoms with E-state index in [9.17, 15) is 9.18 Å². The number of hydrogen-bond acceptors (Lipinski definition) is 4. The van der Waals surface area contributed by atoms with Crippen LogP contribution in [0, 0.1) is 5.82 Å². The van der Waals surface area contributed by atoms with Crippen LogP contribution in [0.1, 0.15) is 24.8 Å². The Morgan fingerprint density at radius 1 is 1.22 bits per heavy atom. The summed E-state index contributed by atoms with van der Waals surface area (Å²) in [6, 6.07) is 6.50. The normalized spacial score (nSPS) is 24.7. The molecule has 2 aliphatic rings. The van der Waals surface area contributed by atoms with E-state index in [1.165, 1.54) is 12.1 Å². The lowest BCUT2D eigenvalue weighted by molar-refractivity contribution is -0.121. The lowest BCUT2D eigenvalue weighted by Crippen LogP contribution is -2.60. The summed E-state index contributed by atoms with van der Waals surface area (Å²) in [5, 5.41) is 10.3. The molecule has 2 N–H and O–H groups in total. The summed E-state index contributed by atoms with van der Waals surface area (Å²) >= 11 is 0. The van der Waals surface area contributed by atoms with Crippen LogP contribution in [0.15, 0.2) is 30.5 Å². The first-order valence-electron chi connectivity index (χ1n) is 9.54. The largest absolute Gasteiger partial charge is 0.356 e. The lowest BCUT2D eigenvalue weighted by atomic mass is 9.86. The van der Waals surface area contributed by atoms with Crippen molar-refractivity contribution >= 4 is 5.91 Å². The Morgan fingerprint density at radius 3 is 2.85 bits per heavy atom. The molecule has 1 atom stereocenters. The Bertz CT molecular complexity index is 805. The second-order valence-electron chi connectivity index (χ2n) is 7.73. The summed E-state index contributed by atoms with van der Waals surface area (Å²) in [5.41, 5.74) is 3.04. The number of nitrogens with one attached hydrogen (secondary N) is 2. The van der Waals surface area contributed by atoms with E-state index in [4.69, 9.17) is 0 Å². The molecule has 1 aromatic heterocycles. The van der Waals surface area contributed by atoms with Gasteiger partial charge in [-0.3, -0.25) is 19.7 Å². The third-order valence-corrected chi connectivity index (χ3v) is 6.05. The van der Waals surface area contributed by atoms with Crippen LogP contribution in [0.3, 0.4) is 0 Å². The number of likely N-dealkylation sites (N-methyl/N-ethyl adjacent to an activating group) is 1. The van der Waals surface area contributed by atoms with Gasteiger partial charge in [-0.25, -0.2) is 4.39 Å². The highest BCUT2D eigenvalue weighted by molar-refractivity contribution is 5.76. The average molecular weight is 371 g/mol. The van der Waals surface area contributed by atoms with E-state index in [-0.39, 0.29) is 17.3 Å². The van der Waals surface area contributed by atoms with Crippen LogP contribution in [0.5, 0.6) is 0 Å². The topological polar surface area (TPSA) is 64.3 Å². The van der Waals surface area contributed by atoms with Gasteiger partial charge in [0.2, 0.25) is 5.91 Å². The minimum atomic E-state index is -0.239. The van der Waals surface area contributed by atoms with E-state index in [1.807, 2.05) is 6.20 Å². The van der Waals surface area contributed by atoms with Gasteiger partial charge in [0.25, 0.3) is 0 Å². The van der Waals surface area contributed by atoms with Gasteiger partial charge in [-0.05, 0) is 44.2 Å². The second kappa shape index (κ2) is 7.40. The fourth-order valence-corrected chi connectivity index (χ4v) is 4.35. The smallest absolute Gasteiger partial charge is 0.220 e. The van der Waals surface area contributed by atoms with Gasteiger partial charge in [0.1, 0.15) is 5.82 Å². The van der Waals surface area contributed by atoms with Crippen LogP contribution in [0.4, 0.5) is 4.39 Å². The number of rotatable bonds is 3. The highest BCUT2D eigenvalue weighted by atomic mass is 19.1. The zero-order valence-corrected chi connectivity index (χ0v) is 15.7. The van der Waals surface area contributed by atoms with Gasteiger partial charge in [0.05, 0.1) is 11.9 Å². The minimum Gasteiger partial charge on any atom is -0.356 e. The molecule has 0 radical (unpaired) electrons. The zero-order chi connectivity index (χ0) is 18.9. The van der Waals surface area contributed by atoms with Crippen molar-refractivity contribution in [2.24, 2.45) is 0 Å². The molecule has 27 heavy (non-hydrogen) atoms. The Morgan fingerprint density at radius 2 is 2.04 bits per heavy atom. The van der Waals surface area contributed by atoms with Crippen LogP contribution in [-0.2, 0) is 11.3 Å². The molecule has 1 amide bonds. The summed E-state index contributed by atoms with van der Waals surface area (Å²) in [6.07, 6.45) is 4.32. The van der Waals surface area contributed by atoms with E-state index < -0.39 is 0 Å². The maximum Gasteiger partial charge on any atom is 0.220 e. The molecular weight excluding hydrogens is 345 g/mol. The molecule has 2 fully saturated rings. The molecule has 4 rings (SSSR count). The molecule has 2 aromatic rings. The summed E-state index contributed by atoms with van der Waals surface area (Å²) in [4.78, 5) is 16.7. The molecule has 3 heterocycles. The van der Waals surface area contributed by atoms with Gasteiger partial charge in [-0.1, -0.05) is 0 Å². The second-order valence-corrected chi connectivity index (χ2v) is 7.73. The number of aromatic amines is 1. The van der Waals surface area contributed by atoms with E-state index in [1.54, 1.807) is 12.1 Å². The van der Waals surface area contributed by atoms with Crippen molar-refractivity contribution in [2.75, 3.05) is 33.2 Å². The Hall–Kier alpha value is -2.25. The molecule has 1 unspecified atom stereocenters. The Kier molecular flexibility index (Phi) is 4.97. The quantitative estimate of drug-likeness (QED) is 0.866. The van der Waals surface area contributed by atoms with Crippen LogP contribution < -0.4 is 5.32 Å². The van der Waals surface area contributed by atoms with Crippen LogP contribution >= 0.6 is 0 Å². The fourth-order valence-electron chi connectivity index (χ4n) is 4.35. The number of aromatic nitrogens is 2. The molecule has 1 aromatic carbocycles. The molecular formula is C20H26FN5O. The van der Waals surface area contributed by atoms with Crippen LogP contribution in [0.2, 0.25) is 0 Å². The van der Waals surface area contributed by atoms with Crippen molar-refractivity contribution in [3.63, 3.8) is 0 Å². The van der Waals surface area contributed by atoms with Crippen molar-refractivity contribution in [3.8, 4) is 11.3 Å². The third-order valence-electron chi connectivity index (χ3n) is 6.05. The number of amides is 1. The maximum atomic E-state index is 13.2. The number of piperazine rings is 1. The number of nitrogens with zero attached hydrogens (tertiary/aromatic N) is 3. The van der Waals surface area contributed by atoms with Gasteiger partial charge in [0.15, 0.2) is 0 Å². The molecule has 144 valence electrons. The Labute approximate surface area is 158 Å². The molecule has 0 saturated carbocycles. The summed E-state index contributed by atoms with van der Waals surface area (Å²) in [5.74, 6) is -0.0804. The SMILES string of the molecule is CN1CCN(Cc2cn[nH]c2-c2ccc(F)cc2)CC12CCNC(=O)CC2. The predicted octanol–water partition coefficient (Wildman–Crippen LogP) is 2.00. The van der Waals surface area contributed by atoms with Crippen molar-refractivity contribution < 1.29 is 9.18 Å². The van der Waals surface area contributed by atoms with Crippen molar-refractivity contribution in [1.82, 2.24) is 25.3 Å². The highest BCUT2D eigenvalue weighted by Gasteiger charge is 2.40. The van der Waals surface area contributed by atoms with Gasteiger partial charge in [-0.2, -0.15) is 5.10 Å². The fraction of sp³-hybridized carbons (Fsp3) is 0.500. The maximum absolute atomic E-state index is 13.2. The molecule has 0 bridgehead atoms. The molecule has 7 heteroatoms. The van der Waals surface area contributed by atoms with E-state index >= 15 is 0 Å².